The van der Waals surface area contributed by atoms with Crippen LogP contribution in [0, 0.1) is 0 Å². The largest absolute Gasteiger partial charge is 0.368 e. The minimum atomic E-state index is -0.536. The number of piperidine rings is 1. The van der Waals surface area contributed by atoms with Gasteiger partial charge in [-0.25, -0.2) is 0 Å². The molecule has 0 spiro atoms. The quantitative estimate of drug-likeness (QED) is 0.479. The molecule has 1 atom stereocenters. The first kappa shape index (κ1) is 24.3. The Bertz CT molecular complexity index is 1180. The van der Waals surface area contributed by atoms with Crippen molar-refractivity contribution in [1.82, 2.24) is 19.7 Å². The lowest BCUT2D eigenvalue weighted by Gasteiger charge is -2.33. The predicted molar refractivity (Wildman–Crippen MR) is 135 cm³/mol. The maximum atomic E-state index is 13.0. The van der Waals surface area contributed by atoms with Gasteiger partial charge in [0.1, 0.15) is 6.04 Å². The van der Waals surface area contributed by atoms with E-state index >= 15 is 0 Å². The monoisotopic (exact) mass is 497 g/mol. The molecule has 1 unspecified atom stereocenters. The molecule has 0 radical (unpaired) electrons. The van der Waals surface area contributed by atoms with Crippen LogP contribution >= 0.6 is 23.4 Å². The van der Waals surface area contributed by atoms with Crippen LogP contribution in [0.1, 0.15) is 44.6 Å². The van der Waals surface area contributed by atoms with Gasteiger partial charge in [-0.3, -0.25) is 14.2 Å². The fourth-order valence-corrected chi connectivity index (χ4v) is 5.24. The highest BCUT2D eigenvalue weighted by Crippen LogP contribution is 2.33. The van der Waals surface area contributed by atoms with Gasteiger partial charge in [0.2, 0.25) is 11.8 Å². The number of hydrogen-bond acceptors (Lipinski definition) is 5. The van der Waals surface area contributed by atoms with Crippen LogP contribution in [0.4, 0.5) is 0 Å². The molecular weight excluding hydrogens is 470 g/mol. The first-order valence-corrected chi connectivity index (χ1v) is 12.8. The van der Waals surface area contributed by atoms with E-state index in [1.54, 1.807) is 4.90 Å². The smallest absolute Gasteiger partial charge is 0.240 e. The zero-order valence-electron chi connectivity index (χ0n) is 19.3. The molecule has 34 heavy (non-hydrogen) atoms. The van der Waals surface area contributed by atoms with Gasteiger partial charge in [0.15, 0.2) is 11.0 Å². The van der Waals surface area contributed by atoms with E-state index in [0.29, 0.717) is 29.0 Å². The summed E-state index contributed by atoms with van der Waals surface area (Å²) in [5, 5.41) is 10.2. The molecule has 4 rings (SSSR count). The number of amides is 2. The number of halogens is 1. The SMILES string of the molecule is CC(C)c1ccccc1-n1c(SCC(=O)N2CCCCC2C(N)=O)nnc1-c1ccc(Cl)cc1. The van der Waals surface area contributed by atoms with Gasteiger partial charge in [-0.15, -0.1) is 10.2 Å². The third-order valence-electron chi connectivity index (χ3n) is 6.01. The molecule has 0 bridgehead atoms. The minimum Gasteiger partial charge on any atom is -0.368 e. The average Bonchev–Trinajstić information content (AvgIpc) is 3.26. The number of benzene rings is 2. The molecule has 2 amide bonds. The summed E-state index contributed by atoms with van der Waals surface area (Å²) in [6.07, 6.45) is 2.39. The van der Waals surface area contributed by atoms with Crippen molar-refractivity contribution in [3.8, 4) is 17.1 Å². The zero-order valence-corrected chi connectivity index (χ0v) is 20.9. The summed E-state index contributed by atoms with van der Waals surface area (Å²) in [6, 6.07) is 15.1. The number of carbonyl (C=O) groups is 2. The first-order chi connectivity index (χ1) is 16.4. The van der Waals surface area contributed by atoms with E-state index in [-0.39, 0.29) is 17.6 Å². The Morgan fingerprint density at radius 3 is 2.56 bits per heavy atom. The van der Waals surface area contributed by atoms with E-state index in [2.05, 4.69) is 30.1 Å². The van der Waals surface area contributed by atoms with Gasteiger partial charge in [0, 0.05) is 17.1 Å². The molecule has 0 aliphatic carbocycles. The molecule has 1 aliphatic heterocycles. The number of likely N-dealkylation sites (tertiary alicyclic amines) is 1. The van der Waals surface area contributed by atoms with Crippen molar-refractivity contribution in [2.45, 2.75) is 50.2 Å². The molecule has 2 aromatic carbocycles. The van der Waals surface area contributed by atoms with Gasteiger partial charge < -0.3 is 10.6 Å². The standard InChI is InChI=1S/C25H28ClN5O2S/c1-16(2)19-7-3-4-8-20(19)31-24(17-10-12-18(26)13-11-17)28-29-25(31)34-15-22(32)30-14-6-5-9-21(30)23(27)33/h3-4,7-8,10-13,16,21H,5-6,9,14-15H2,1-2H3,(H2,27,33). The summed E-state index contributed by atoms with van der Waals surface area (Å²) >= 11 is 7.41. The lowest BCUT2D eigenvalue weighted by atomic mass is 10.0. The van der Waals surface area contributed by atoms with Crippen molar-refractivity contribution in [1.29, 1.82) is 0 Å². The van der Waals surface area contributed by atoms with Crippen molar-refractivity contribution < 1.29 is 9.59 Å². The summed E-state index contributed by atoms with van der Waals surface area (Å²) in [4.78, 5) is 26.5. The topological polar surface area (TPSA) is 94.1 Å². The van der Waals surface area contributed by atoms with E-state index in [0.717, 1.165) is 29.7 Å². The van der Waals surface area contributed by atoms with Crippen LogP contribution in [0.2, 0.25) is 5.02 Å². The van der Waals surface area contributed by atoms with Crippen LogP contribution in [0.3, 0.4) is 0 Å². The van der Waals surface area contributed by atoms with E-state index < -0.39 is 11.9 Å². The highest BCUT2D eigenvalue weighted by molar-refractivity contribution is 7.99. The maximum absolute atomic E-state index is 13.0. The van der Waals surface area contributed by atoms with Gasteiger partial charge >= 0.3 is 0 Å². The molecule has 1 fully saturated rings. The molecule has 1 aromatic heterocycles. The van der Waals surface area contributed by atoms with Gasteiger partial charge in [-0.1, -0.05) is 55.4 Å². The number of thioether (sulfide) groups is 1. The third-order valence-corrected chi connectivity index (χ3v) is 7.18. The van der Waals surface area contributed by atoms with Crippen LogP contribution in [-0.4, -0.2) is 49.8 Å². The maximum Gasteiger partial charge on any atom is 0.240 e. The summed E-state index contributed by atoms with van der Waals surface area (Å²) in [5.74, 6) is 0.533. The Labute approximate surface area is 208 Å². The lowest BCUT2D eigenvalue weighted by Crippen LogP contribution is -2.51. The van der Waals surface area contributed by atoms with Crippen LogP contribution in [0.25, 0.3) is 17.1 Å². The van der Waals surface area contributed by atoms with Crippen molar-refractivity contribution >= 4 is 35.2 Å². The molecule has 9 heteroatoms. The predicted octanol–water partition coefficient (Wildman–Crippen LogP) is 4.67. The normalized spacial score (nSPS) is 16.1. The Hall–Kier alpha value is -2.84. The number of rotatable bonds is 7. The van der Waals surface area contributed by atoms with Crippen LogP contribution in [0.15, 0.2) is 53.7 Å². The number of primary amides is 1. The molecule has 2 N–H and O–H groups in total. The highest BCUT2D eigenvalue weighted by atomic mass is 35.5. The van der Waals surface area contributed by atoms with E-state index in [1.165, 1.54) is 11.8 Å². The third kappa shape index (κ3) is 5.13. The molecule has 178 valence electrons. The first-order valence-electron chi connectivity index (χ1n) is 11.4. The Morgan fingerprint density at radius 2 is 1.85 bits per heavy atom. The van der Waals surface area contributed by atoms with Crippen molar-refractivity contribution in [2.24, 2.45) is 5.73 Å². The van der Waals surface area contributed by atoms with Crippen LogP contribution < -0.4 is 5.73 Å². The molecule has 1 aliphatic rings. The van der Waals surface area contributed by atoms with Gasteiger partial charge in [0.25, 0.3) is 0 Å². The molecule has 7 nitrogen and oxygen atoms in total. The Balaban J connectivity index is 1.69. The number of para-hydroxylation sites is 1. The lowest BCUT2D eigenvalue weighted by molar-refractivity contribution is -0.138. The van der Waals surface area contributed by atoms with Crippen molar-refractivity contribution in [2.75, 3.05) is 12.3 Å². The number of hydrogen-bond donors (Lipinski definition) is 1. The van der Waals surface area contributed by atoms with Gasteiger partial charge in [-0.2, -0.15) is 0 Å². The Kier molecular flexibility index (Phi) is 7.58. The molecule has 0 saturated carbocycles. The van der Waals surface area contributed by atoms with Crippen LogP contribution in [0.5, 0.6) is 0 Å². The number of nitrogens with two attached hydrogens (primary N) is 1. The second kappa shape index (κ2) is 10.6. The summed E-state index contributed by atoms with van der Waals surface area (Å²) in [7, 11) is 0. The summed E-state index contributed by atoms with van der Waals surface area (Å²) in [5.41, 5.74) is 8.54. The van der Waals surface area contributed by atoms with Gasteiger partial charge in [-0.05, 0) is 61.1 Å². The molecular formula is C25H28ClN5O2S. The van der Waals surface area contributed by atoms with E-state index in [4.69, 9.17) is 17.3 Å². The summed E-state index contributed by atoms with van der Waals surface area (Å²) < 4.78 is 2.00. The summed E-state index contributed by atoms with van der Waals surface area (Å²) in [6.45, 7) is 4.83. The zero-order chi connectivity index (χ0) is 24.2. The molecule has 1 saturated heterocycles. The fourth-order valence-electron chi connectivity index (χ4n) is 4.28. The average molecular weight is 498 g/mol. The number of nitrogens with zero attached hydrogens (tertiary/aromatic N) is 4. The van der Waals surface area contributed by atoms with Crippen LogP contribution in [-0.2, 0) is 9.59 Å². The van der Waals surface area contributed by atoms with E-state index in [1.807, 2.05) is 47.0 Å². The highest BCUT2D eigenvalue weighted by Gasteiger charge is 2.31. The second-order valence-corrected chi connectivity index (χ2v) is 10.0. The number of aromatic nitrogens is 3. The fraction of sp³-hybridized carbons (Fsp3) is 0.360. The Morgan fingerprint density at radius 1 is 1.12 bits per heavy atom. The molecule has 3 aromatic rings. The van der Waals surface area contributed by atoms with Crippen molar-refractivity contribution in [3.05, 3.63) is 59.1 Å². The minimum absolute atomic E-state index is 0.117. The van der Waals surface area contributed by atoms with Crippen molar-refractivity contribution in [3.63, 3.8) is 0 Å². The number of carbonyl (C=O) groups excluding carboxylic acids is 2. The second-order valence-electron chi connectivity index (χ2n) is 8.65. The van der Waals surface area contributed by atoms with E-state index in [9.17, 15) is 9.59 Å². The molecule has 2 heterocycles. The van der Waals surface area contributed by atoms with Gasteiger partial charge in [0.05, 0.1) is 11.4 Å².